The summed E-state index contributed by atoms with van der Waals surface area (Å²) in [6.07, 6.45) is 0. The molecule has 6 heteroatoms. The van der Waals surface area contributed by atoms with Gasteiger partial charge >= 0.3 is 5.97 Å². The van der Waals surface area contributed by atoms with E-state index in [1.165, 1.54) is 0 Å². The summed E-state index contributed by atoms with van der Waals surface area (Å²) in [5.41, 5.74) is 2.21. The van der Waals surface area contributed by atoms with Gasteiger partial charge in [-0.15, -0.1) is 23.2 Å². The molecule has 0 atom stereocenters. The maximum atomic E-state index is 10.4. The molecule has 0 bridgehead atoms. The van der Waals surface area contributed by atoms with Gasteiger partial charge in [-0.3, -0.25) is 0 Å². The molecule has 0 aliphatic carbocycles. The van der Waals surface area contributed by atoms with E-state index in [4.69, 9.17) is 33.4 Å². The van der Waals surface area contributed by atoms with Crippen molar-refractivity contribution in [2.75, 3.05) is 29.7 Å². The van der Waals surface area contributed by atoms with E-state index in [-0.39, 0.29) is 5.75 Å². The van der Waals surface area contributed by atoms with E-state index in [1.807, 2.05) is 18.2 Å². The highest BCUT2D eigenvalue weighted by atomic mass is 35.5. The van der Waals surface area contributed by atoms with Crippen molar-refractivity contribution in [3.05, 3.63) is 59.7 Å². The molecule has 0 saturated carbocycles. The first kappa shape index (κ1) is 20.1. The number of phenols is 1. The van der Waals surface area contributed by atoms with Crippen LogP contribution in [0.1, 0.15) is 15.9 Å². The summed E-state index contributed by atoms with van der Waals surface area (Å²) in [5.74, 6) is 0.541. The summed E-state index contributed by atoms with van der Waals surface area (Å²) in [5, 5.41) is 17.7. The van der Waals surface area contributed by atoms with Gasteiger partial charge in [0, 0.05) is 30.5 Å². The molecule has 2 rings (SSSR count). The Hall–Kier alpha value is -1.91. The SMILES string of the molecule is Cc1ccccc1C(=O)O.Oc1ccc(N(CCCl)CCCl)cc1. The number of carbonyl (C=O) groups is 1. The van der Waals surface area contributed by atoms with Crippen LogP contribution in [-0.2, 0) is 0 Å². The molecule has 0 aliphatic rings. The molecule has 24 heavy (non-hydrogen) atoms. The average Bonchev–Trinajstić information content (AvgIpc) is 2.56. The number of anilines is 1. The zero-order chi connectivity index (χ0) is 17.9. The topological polar surface area (TPSA) is 60.8 Å². The third-order valence-corrected chi connectivity index (χ3v) is 3.64. The van der Waals surface area contributed by atoms with E-state index in [9.17, 15) is 4.79 Å². The molecule has 0 heterocycles. The van der Waals surface area contributed by atoms with Gasteiger partial charge in [-0.1, -0.05) is 18.2 Å². The number of alkyl halides is 2. The van der Waals surface area contributed by atoms with Crippen LogP contribution >= 0.6 is 23.2 Å². The fraction of sp³-hybridized carbons (Fsp3) is 0.278. The zero-order valence-electron chi connectivity index (χ0n) is 13.5. The van der Waals surface area contributed by atoms with Crippen molar-refractivity contribution < 1.29 is 15.0 Å². The minimum Gasteiger partial charge on any atom is -0.508 e. The van der Waals surface area contributed by atoms with Crippen molar-refractivity contribution >= 4 is 34.9 Å². The molecule has 0 saturated heterocycles. The fourth-order valence-electron chi connectivity index (χ4n) is 2.05. The van der Waals surface area contributed by atoms with Crippen LogP contribution < -0.4 is 4.90 Å². The molecule has 0 amide bonds. The molecule has 2 aromatic carbocycles. The third kappa shape index (κ3) is 6.69. The molecule has 0 unspecified atom stereocenters. The van der Waals surface area contributed by atoms with Crippen LogP contribution in [0, 0.1) is 6.92 Å². The number of aromatic carboxylic acids is 1. The van der Waals surface area contributed by atoms with Crippen molar-refractivity contribution in [2.45, 2.75) is 6.92 Å². The molecule has 0 radical (unpaired) electrons. The molecular formula is C18H21Cl2NO3. The van der Waals surface area contributed by atoms with E-state index < -0.39 is 5.97 Å². The van der Waals surface area contributed by atoms with Gasteiger partial charge in [-0.25, -0.2) is 4.79 Å². The Morgan fingerprint density at radius 1 is 1.00 bits per heavy atom. The largest absolute Gasteiger partial charge is 0.508 e. The number of phenolic OH excluding ortho intramolecular Hbond substituents is 1. The molecule has 2 N–H and O–H groups in total. The minimum atomic E-state index is -0.863. The summed E-state index contributed by atoms with van der Waals surface area (Å²) in [6, 6.07) is 13.9. The van der Waals surface area contributed by atoms with Crippen LogP contribution in [0.4, 0.5) is 5.69 Å². The number of carboxylic acids is 1. The number of hydrogen-bond acceptors (Lipinski definition) is 3. The Morgan fingerprint density at radius 3 is 1.96 bits per heavy atom. The van der Waals surface area contributed by atoms with Gasteiger partial charge in [0.2, 0.25) is 0 Å². The first-order chi connectivity index (χ1) is 11.5. The summed E-state index contributed by atoms with van der Waals surface area (Å²) >= 11 is 11.4. The molecular weight excluding hydrogens is 349 g/mol. The van der Waals surface area contributed by atoms with E-state index in [1.54, 1.807) is 37.3 Å². The maximum Gasteiger partial charge on any atom is 0.335 e. The number of aromatic hydroxyl groups is 1. The van der Waals surface area contributed by atoms with Crippen molar-refractivity contribution in [3.8, 4) is 5.75 Å². The highest BCUT2D eigenvalue weighted by Gasteiger charge is 2.04. The van der Waals surface area contributed by atoms with Crippen molar-refractivity contribution in [2.24, 2.45) is 0 Å². The van der Waals surface area contributed by atoms with E-state index in [0.717, 1.165) is 24.3 Å². The Kier molecular flexibility index (Phi) is 9.05. The molecule has 0 spiro atoms. The second-order valence-corrected chi connectivity index (χ2v) is 5.76. The van der Waals surface area contributed by atoms with Gasteiger partial charge in [-0.2, -0.15) is 0 Å². The zero-order valence-corrected chi connectivity index (χ0v) is 15.0. The van der Waals surface area contributed by atoms with Crippen LogP contribution in [0.3, 0.4) is 0 Å². The smallest absolute Gasteiger partial charge is 0.335 e. The molecule has 0 aliphatic heterocycles. The summed E-state index contributed by atoms with van der Waals surface area (Å²) in [4.78, 5) is 12.5. The van der Waals surface area contributed by atoms with Gasteiger partial charge < -0.3 is 15.1 Å². The Balaban J connectivity index is 0.000000254. The molecule has 4 nitrogen and oxygen atoms in total. The first-order valence-corrected chi connectivity index (χ1v) is 8.51. The van der Waals surface area contributed by atoms with Crippen LogP contribution in [0.5, 0.6) is 5.75 Å². The summed E-state index contributed by atoms with van der Waals surface area (Å²) in [7, 11) is 0. The highest BCUT2D eigenvalue weighted by Crippen LogP contribution is 2.18. The van der Waals surface area contributed by atoms with Gasteiger partial charge in [0.1, 0.15) is 5.75 Å². The Bertz CT molecular complexity index is 626. The van der Waals surface area contributed by atoms with Crippen LogP contribution in [0.15, 0.2) is 48.5 Å². The van der Waals surface area contributed by atoms with Crippen LogP contribution in [0.25, 0.3) is 0 Å². The lowest BCUT2D eigenvalue weighted by Gasteiger charge is -2.22. The Labute approximate surface area is 152 Å². The van der Waals surface area contributed by atoms with E-state index >= 15 is 0 Å². The highest BCUT2D eigenvalue weighted by molar-refractivity contribution is 6.18. The minimum absolute atomic E-state index is 0.269. The molecule has 2 aromatic rings. The molecule has 130 valence electrons. The quantitative estimate of drug-likeness (QED) is 0.742. The Morgan fingerprint density at radius 2 is 1.54 bits per heavy atom. The number of benzene rings is 2. The summed E-state index contributed by atoms with van der Waals surface area (Å²) < 4.78 is 0. The normalized spacial score (nSPS) is 9.79. The van der Waals surface area contributed by atoms with E-state index in [2.05, 4.69) is 4.90 Å². The van der Waals surface area contributed by atoms with Crippen molar-refractivity contribution in [1.82, 2.24) is 0 Å². The second-order valence-electron chi connectivity index (χ2n) is 5.00. The lowest BCUT2D eigenvalue weighted by molar-refractivity contribution is 0.0696. The number of rotatable bonds is 6. The van der Waals surface area contributed by atoms with Gasteiger partial charge in [-0.05, 0) is 42.8 Å². The molecule has 0 aromatic heterocycles. The number of carboxylic acid groups (broad SMARTS) is 1. The molecule has 0 fully saturated rings. The van der Waals surface area contributed by atoms with Crippen molar-refractivity contribution in [3.63, 3.8) is 0 Å². The maximum absolute atomic E-state index is 10.4. The number of nitrogens with zero attached hydrogens (tertiary/aromatic N) is 1. The van der Waals surface area contributed by atoms with Gasteiger partial charge in [0.25, 0.3) is 0 Å². The predicted molar refractivity (Wildman–Crippen MR) is 99.9 cm³/mol. The standard InChI is InChI=1S/C10H13Cl2NO.C8H8O2/c11-5-7-13(8-6-12)9-1-3-10(14)4-2-9;1-6-4-2-3-5-7(6)8(9)10/h1-4,14H,5-8H2;2-5H,1H3,(H,9,10). The van der Waals surface area contributed by atoms with Crippen LogP contribution in [-0.4, -0.2) is 41.0 Å². The van der Waals surface area contributed by atoms with Crippen molar-refractivity contribution in [1.29, 1.82) is 0 Å². The van der Waals surface area contributed by atoms with Crippen LogP contribution in [0.2, 0.25) is 0 Å². The second kappa shape index (κ2) is 10.8. The number of aryl methyl sites for hydroxylation is 1. The fourth-order valence-corrected chi connectivity index (χ4v) is 2.46. The predicted octanol–water partition coefficient (Wildman–Crippen LogP) is 4.37. The summed E-state index contributed by atoms with van der Waals surface area (Å²) in [6.45, 7) is 3.31. The number of halogens is 2. The lowest BCUT2D eigenvalue weighted by Crippen LogP contribution is -2.27. The third-order valence-electron chi connectivity index (χ3n) is 3.30. The lowest BCUT2D eigenvalue weighted by atomic mass is 10.1. The van der Waals surface area contributed by atoms with Gasteiger partial charge in [0.05, 0.1) is 5.56 Å². The monoisotopic (exact) mass is 369 g/mol. The van der Waals surface area contributed by atoms with E-state index in [0.29, 0.717) is 17.3 Å². The number of hydrogen-bond donors (Lipinski definition) is 2. The average molecular weight is 370 g/mol. The van der Waals surface area contributed by atoms with Gasteiger partial charge in [0.15, 0.2) is 0 Å². The first-order valence-electron chi connectivity index (χ1n) is 7.44.